The smallest absolute Gasteiger partial charge is 0.337 e. The maximum absolute atomic E-state index is 15.5. The van der Waals surface area contributed by atoms with Gasteiger partial charge in [-0.25, -0.2) is 9.18 Å². The number of hydrogen-bond donors (Lipinski definition) is 1. The van der Waals surface area contributed by atoms with E-state index in [4.69, 9.17) is 42.1 Å². The SMILES string of the molecule is COCCN1CCC(Oc2cc(Cl)c(C(=O)N3COc4c(cccc4-c4cc(N5CCOCC5)c(C(=O)O)cc4F)C3)c(Cl)c2)CC1. The van der Waals surface area contributed by atoms with Gasteiger partial charge in [0.15, 0.2) is 6.73 Å². The summed E-state index contributed by atoms with van der Waals surface area (Å²) < 4.78 is 38.4. The number of ether oxygens (including phenoxy) is 4. The van der Waals surface area contributed by atoms with Crippen LogP contribution < -0.4 is 14.4 Å². The summed E-state index contributed by atoms with van der Waals surface area (Å²) in [5.74, 6) is -1.40. The third-order valence-electron chi connectivity index (χ3n) is 8.75. The van der Waals surface area contributed by atoms with Gasteiger partial charge >= 0.3 is 5.97 Å². The van der Waals surface area contributed by atoms with Crippen molar-refractivity contribution >= 4 is 40.8 Å². The Morgan fingerprint density at radius 2 is 1.74 bits per heavy atom. The molecule has 1 amide bonds. The third kappa shape index (κ3) is 7.29. The highest BCUT2D eigenvalue weighted by molar-refractivity contribution is 6.39. The van der Waals surface area contributed by atoms with Crippen molar-refractivity contribution in [3.05, 3.63) is 75.0 Å². The molecule has 0 aromatic heterocycles. The summed E-state index contributed by atoms with van der Waals surface area (Å²) in [6.45, 7) is 5.28. The second-order valence-corrected chi connectivity index (χ2v) is 12.6. The molecule has 0 saturated carbocycles. The van der Waals surface area contributed by atoms with E-state index in [1.165, 1.54) is 4.90 Å². The molecular formula is C34H36Cl2FN3O7. The molecule has 0 radical (unpaired) electrons. The predicted molar refractivity (Wildman–Crippen MR) is 176 cm³/mol. The number of halogens is 3. The number of carbonyl (C=O) groups excluding carboxylic acids is 1. The summed E-state index contributed by atoms with van der Waals surface area (Å²) in [6, 6.07) is 11.1. The van der Waals surface area contributed by atoms with Crippen LogP contribution in [0.1, 0.15) is 39.1 Å². The van der Waals surface area contributed by atoms with Gasteiger partial charge in [0.25, 0.3) is 5.91 Å². The fraction of sp³-hybridized carbons (Fsp3) is 0.412. The zero-order chi connectivity index (χ0) is 33.1. The first-order valence-electron chi connectivity index (χ1n) is 15.5. The maximum Gasteiger partial charge on any atom is 0.337 e. The first-order valence-corrected chi connectivity index (χ1v) is 16.3. The second-order valence-electron chi connectivity index (χ2n) is 11.7. The molecule has 6 rings (SSSR count). The molecule has 0 bridgehead atoms. The second kappa shape index (κ2) is 14.7. The molecule has 3 aliphatic heterocycles. The molecule has 1 N–H and O–H groups in total. The minimum atomic E-state index is -1.21. The Hall–Kier alpha value is -3.61. The average molecular weight is 689 g/mol. The van der Waals surface area contributed by atoms with Crippen LogP contribution in [0.15, 0.2) is 42.5 Å². The van der Waals surface area contributed by atoms with Crippen LogP contribution in [0.25, 0.3) is 11.1 Å². The fourth-order valence-electron chi connectivity index (χ4n) is 6.27. The zero-order valence-corrected chi connectivity index (χ0v) is 27.5. The highest BCUT2D eigenvalue weighted by Crippen LogP contribution is 2.41. The van der Waals surface area contributed by atoms with Crippen LogP contribution in [0.5, 0.6) is 11.5 Å². The summed E-state index contributed by atoms with van der Waals surface area (Å²) in [4.78, 5) is 31.4. The van der Waals surface area contributed by atoms with Crippen LogP contribution in [0.4, 0.5) is 10.1 Å². The largest absolute Gasteiger partial charge is 0.490 e. The molecule has 3 aromatic rings. The minimum Gasteiger partial charge on any atom is -0.490 e. The van der Waals surface area contributed by atoms with Gasteiger partial charge in [0, 0.05) is 56.5 Å². The fourth-order valence-corrected chi connectivity index (χ4v) is 6.89. The highest BCUT2D eigenvalue weighted by Gasteiger charge is 2.30. The number of methoxy groups -OCH3 is 1. The highest BCUT2D eigenvalue weighted by atomic mass is 35.5. The molecule has 2 fully saturated rings. The van der Waals surface area contributed by atoms with Crippen molar-refractivity contribution in [2.24, 2.45) is 0 Å². The number of piperidine rings is 1. The van der Waals surface area contributed by atoms with E-state index in [2.05, 4.69) is 4.90 Å². The molecule has 47 heavy (non-hydrogen) atoms. The van der Waals surface area contributed by atoms with E-state index in [0.717, 1.165) is 38.5 Å². The summed E-state index contributed by atoms with van der Waals surface area (Å²) >= 11 is 13.2. The van der Waals surface area contributed by atoms with Gasteiger partial charge in [-0.05, 0) is 37.1 Å². The molecular weight excluding hydrogens is 652 g/mol. The van der Waals surface area contributed by atoms with Crippen LogP contribution in [-0.4, -0.2) is 99.3 Å². The Morgan fingerprint density at radius 1 is 1.02 bits per heavy atom. The Kier molecular flexibility index (Phi) is 10.4. The van der Waals surface area contributed by atoms with Gasteiger partial charge in [0.2, 0.25) is 0 Å². The summed E-state index contributed by atoms with van der Waals surface area (Å²) in [5, 5.41) is 10.1. The van der Waals surface area contributed by atoms with Crippen LogP contribution in [0, 0.1) is 5.82 Å². The van der Waals surface area contributed by atoms with E-state index in [-0.39, 0.29) is 46.1 Å². The molecule has 2 saturated heterocycles. The first kappa shape index (κ1) is 33.3. The number of carboxylic acids is 1. The van der Waals surface area contributed by atoms with Crippen LogP contribution in [-0.2, 0) is 16.0 Å². The molecule has 3 aromatic carbocycles. The molecule has 10 nitrogen and oxygen atoms in total. The van der Waals surface area contributed by atoms with Crippen molar-refractivity contribution in [1.82, 2.24) is 9.80 Å². The topological polar surface area (TPSA) is 101 Å². The lowest BCUT2D eigenvalue weighted by Crippen LogP contribution is -2.39. The Bertz CT molecular complexity index is 1620. The van der Waals surface area contributed by atoms with Crippen molar-refractivity contribution < 1.29 is 38.0 Å². The predicted octanol–water partition coefficient (Wildman–Crippen LogP) is 5.82. The number of carbonyl (C=O) groups is 2. The Morgan fingerprint density at radius 3 is 2.43 bits per heavy atom. The summed E-state index contributed by atoms with van der Waals surface area (Å²) in [5.41, 5.74) is 1.75. The molecule has 0 unspecified atom stereocenters. The standard InChI is InChI=1S/C34H36Cl2FN3O7/c1-44-12-9-38-7-5-22(6-8-38)47-23-15-27(35)31(28(36)16-23)33(41)40-19-21-3-2-4-24(32(21)46-20-40)25-18-30(39-10-13-45-14-11-39)26(34(42)43)17-29(25)37/h2-4,15-18,22H,5-14,19-20H2,1H3,(H,42,43). The normalized spacial score (nSPS) is 17.3. The number of amides is 1. The number of hydrogen-bond acceptors (Lipinski definition) is 8. The molecule has 250 valence electrons. The number of carboxylic acid groups (broad SMARTS) is 1. The van der Waals surface area contributed by atoms with Gasteiger partial charge in [-0.2, -0.15) is 0 Å². The van der Waals surface area contributed by atoms with Crippen LogP contribution in [0.3, 0.4) is 0 Å². The molecule has 3 aliphatic rings. The molecule has 0 spiro atoms. The number of rotatable bonds is 9. The zero-order valence-electron chi connectivity index (χ0n) is 26.0. The molecule has 0 atom stereocenters. The monoisotopic (exact) mass is 687 g/mol. The van der Waals surface area contributed by atoms with Gasteiger partial charge in [-0.1, -0.05) is 41.4 Å². The average Bonchev–Trinajstić information content (AvgIpc) is 3.07. The van der Waals surface area contributed by atoms with Gasteiger partial charge in [-0.15, -0.1) is 0 Å². The number of aromatic carboxylic acids is 1. The number of fused-ring (bicyclic) bond motifs is 1. The maximum atomic E-state index is 15.5. The summed E-state index contributed by atoms with van der Waals surface area (Å²) in [6.07, 6.45) is 1.72. The van der Waals surface area contributed by atoms with E-state index in [1.54, 1.807) is 43.5 Å². The lowest BCUT2D eigenvalue weighted by molar-refractivity contribution is 0.0515. The lowest BCUT2D eigenvalue weighted by Gasteiger charge is -2.32. The molecule has 13 heteroatoms. The van der Waals surface area contributed by atoms with E-state index in [1.807, 2.05) is 4.90 Å². The van der Waals surface area contributed by atoms with Crippen molar-refractivity contribution in [3.8, 4) is 22.6 Å². The third-order valence-corrected chi connectivity index (χ3v) is 9.34. The number of para-hydroxylation sites is 1. The van der Waals surface area contributed by atoms with Gasteiger partial charge in [0.05, 0.1) is 53.2 Å². The Balaban J connectivity index is 1.19. The minimum absolute atomic E-state index is 0.0128. The number of morpholine rings is 1. The number of anilines is 1. The molecule has 3 heterocycles. The summed E-state index contributed by atoms with van der Waals surface area (Å²) in [7, 11) is 1.70. The van der Waals surface area contributed by atoms with Crippen molar-refractivity contribution in [2.45, 2.75) is 25.5 Å². The number of nitrogens with zero attached hydrogens (tertiary/aromatic N) is 3. The first-order chi connectivity index (χ1) is 22.7. The molecule has 0 aliphatic carbocycles. The van der Waals surface area contributed by atoms with Crippen LogP contribution in [0.2, 0.25) is 10.0 Å². The van der Waals surface area contributed by atoms with E-state index < -0.39 is 17.7 Å². The Labute approximate surface area is 282 Å². The number of benzene rings is 3. The van der Waals surface area contributed by atoms with Crippen LogP contribution >= 0.6 is 23.2 Å². The number of likely N-dealkylation sites (tertiary alicyclic amines) is 1. The van der Waals surface area contributed by atoms with Gasteiger partial charge in [0.1, 0.15) is 23.4 Å². The van der Waals surface area contributed by atoms with Crippen molar-refractivity contribution in [3.63, 3.8) is 0 Å². The van der Waals surface area contributed by atoms with Gasteiger partial charge in [-0.3, -0.25) is 4.79 Å². The van der Waals surface area contributed by atoms with E-state index in [9.17, 15) is 14.7 Å². The lowest BCUT2D eigenvalue weighted by atomic mass is 9.97. The van der Waals surface area contributed by atoms with Crippen molar-refractivity contribution in [1.29, 1.82) is 0 Å². The van der Waals surface area contributed by atoms with E-state index in [0.29, 0.717) is 61.2 Å². The van der Waals surface area contributed by atoms with E-state index >= 15 is 4.39 Å². The quantitative estimate of drug-likeness (QED) is 0.298. The van der Waals surface area contributed by atoms with Gasteiger partial charge < -0.3 is 38.8 Å². The van der Waals surface area contributed by atoms with Crippen molar-refractivity contribution in [2.75, 3.05) is 71.3 Å².